The standard InChI is InChI=1S/C23H35N3O5/c1-2-3-4-5-6-7-8-9-10-11-21(27)24-17-22(28)26-25-16-19-12-14-20(15-13-19)31-18-23(29)30/h12-16H,2-11,17-18H2,1H3,(H,24,27)(H,26,28)(H,29,30)/b25-16+. The fraction of sp³-hybridized carbons (Fsp3) is 0.565. The minimum atomic E-state index is -1.05. The van der Waals surface area contributed by atoms with E-state index in [0.29, 0.717) is 17.7 Å². The summed E-state index contributed by atoms with van der Waals surface area (Å²) in [7, 11) is 0. The van der Waals surface area contributed by atoms with Gasteiger partial charge in [0.15, 0.2) is 6.61 Å². The molecule has 1 aromatic rings. The monoisotopic (exact) mass is 433 g/mol. The summed E-state index contributed by atoms with van der Waals surface area (Å²) in [4.78, 5) is 34.0. The van der Waals surface area contributed by atoms with Crippen LogP contribution in [-0.4, -0.2) is 42.3 Å². The lowest BCUT2D eigenvalue weighted by Gasteiger charge is -2.05. The van der Waals surface area contributed by atoms with Gasteiger partial charge in [0.2, 0.25) is 5.91 Å². The molecule has 0 aliphatic rings. The van der Waals surface area contributed by atoms with Crippen LogP contribution in [0, 0.1) is 0 Å². The van der Waals surface area contributed by atoms with E-state index in [1.54, 1.807) is 24.3 Å². The van der Waals surface area contributed by atoms with Gasteiger partial charge < -0.3 is 15.2 Å². The van der Waals surface area contributed by atoms with Crippen molar-refractivity contribution >= 4 is 24.0 Å². The average molecular weight is 434 g/mol. The first-order chi connectivity index (χ1) is 15.0. The van der Waals surface area contributed by atoms with Crippen molar-refractivity contribution in [3.05, 3.63) is 29.8 Å². The van der Waals surface area contributed by atoms with Gasteiger partial charge >= 0.3 is 5.97 Å². The summed E-state index contributed by atoms with van der Waals surface area (Å²) >= 11 is 0. The molecule has 0 bridgehead atoms. The number of carboxylic acid groups (broad SMARTS) is 1. The molecule has 0 saturated heterocycles. The lowest BCUT2D eigenvalue weighted by Crippen LogP contribution is -2.34. The summed E-state index contributed by atoms with van der Waals surface area (Å²) in [6, 6.07) is 6.58. The summed E-state index contributed by atoms with van der Waals surface area (Å²) in [6.07, 6.45) is 12.6. The second kappa shape index (κ2) is 16.8. The number of hydrogen-bond acceptors (Lipinski definition) is 5. The number of benzene rings is 1. The van der Waals surface area contributed by atoms with Crippen molar-refractivity contribution in [3.63, 3.8) is 0 Å². The van der Waals surface area contributed by atoms with Crippen LogP contribution in [0.1, 0.15) is 76.7 Å². The van der Waals surface area contributed by atoms with Crippen LogP contribution in [0.5, 0.6) is 5.75 Å². The van der Waals surface area contributed by atoms with E-state index in [1.165, 1.54) is 44.7 Å². The van der Waals surface area contributed by atoms with Crippen molar-refractivity contribution in [1.82, 2.24) is 10.7 Å². The molecule has 8 nitrogen and oxygen atoms in total. The number of nitrogens with zero attached hydrogens (tertiary/aromatic N) is 1. The number of rotatable bonds is 17. The maximum atomic E-state index is 11.8. The lowest BCUT2D eigenvalue weighted by molar-refractivity contribution is -0.139. The van der Waals surface area contributed by atoms with E-state index in [0.717, 1.165) is 19.3 Å². The van der Waals surface area contributed by atoms with Crippen molar-refractivity contribution in [3.8, 4) is 5.75 Å². The summed E-state index contributed by atoms with van der Waals surface area (Å²) in [5, 5.41) is 15.0. The zero-order valence-corrected chi connectivity index (χ0v) is 18.4. The smallest absolute Gasteiger partial charge is 0.341 e. The molecule has 1 rings (SSSR count). The Balaban J connectivity index is 2.09. The highest BCUT2D eigenvalue weighted by Gasteiger charge is 2.05. The van der Waals surface area contributed by atoms with Gasteiger partial charge in [0.05, 0.1) is 12.8 Å². The fourth-order valence-electron chi connectivity index (χ4n) is 2.88. The first kappa shape index (κ1) is 26.1. The maximum Gasteiger partial charge on any atom is 0.341 e. The van der Waals surface area contributed by atoms with E-state index in [4.69, 9.17) is 9.84 Å². The van der Waals surface area contributed by atoms with Crippen LogP contribution in [0.4, 0.5) is 0 Å². The van der Waals surface area contributed by atoms with Gasteiger partial charge in [-0.2, -0.15) is 5.10 Å². The largest absolute Gasteiger partial charge is 0.482 e. The topological polar surface area (TPSA) is 117 Å². The summed E-state index contributed by atoms with van der Waals surface area (Å²) in [5.41, 5.74) is 3.06. The normalized spacial score (nSPS) is 10.7. The number of carbonyl (C=O) groups excluding carboxylic acids is 2. The zero-order valence-electron chi connectivity index (χ0n) is 18.4. The van der Waals surface area contributed by atoms with Crippen LogP contribution in [0.2, 0.25) is 0 Å². The van der Waals surface area contributed by atoms with Crippen LogP contribution in [0.3, 0.4) is 0 Å². The molecule has 0 heterocycles. The predicted octanol–water partition coefficient (Wildman–Crippen LogP) is 3.64. The second-order valence-corrected chi connectivity index (χ2v) is 7.40. The number of unbranched alkanes of at least 4 members (excludes halogenated alkanes) is 8. The van der Waals surface area contributed by atoms with Crippen molar-refractivity contribution in [1.29, 1.82) is 0 Å². The summed E-state index contributed by atoms with van der Waals surface area (Å²) in [5.74, 6) is -1.15. The minimum absolute atomic E-state index is 0.116. The van der Waals surface area contributed by atoms with E-state index in [9.17, 15) is 14.4 Å². The molecule has 0 aliphatic carbocycles. The summed E-state index contributed by atoms with van der Waals surface area (Å²) in [6.45, 7) is 1.69. The Kier molecular flexibility index (Phi) is 14.2. The second-order valence-electron chi connectivity index (χ2n) is 7.40. The van der Waals surface area contributed by atoms with E-state index < -0.39 is 18.5 Å². The molecule has 8 heteroatoms. The van der Waals surface area contributed by atoms with Crippen molar-refractivity contribution in [2.75, 3.05) is 13.2 Å². The van der Waals surface area contributed by atoms with Gasteiger partial charge in [0.1, 0.15) is 5.75 Å². The molecule has 0 spiro atoms. The molecular weight excluding hydrogens is 398 g/mol. The first-order valence-electron chi connectivity index (χ1n) is 11.0. The Labute approximate surface area is 184 Å². The van der Waals surface area contributed by atoms with Crippen LogP contribution in [0.15, 0.2) is 29.4 Å². The molecule has 0 saturated carbocycles. The SMILES string of the molecule is CCCCCCCCCCCC(=O)NCC(=O)N/N=C/c1ccc(OCC(=O)O)cc1. The molecular formula is C23H35N3O5. The quantitative estimate of drug-likeness (QED) is 0.197. The molecule has 0 atom stereocenters. The first-order valence-corrected chi connectivity index (χ1v) is 11.0. The van der Waals surface area contributed by atoms with Gasteiger partial charge in [-0.1, -0.05) is 58.3 Å². The molecule has 31 heavy (non-hydrogen) atoms. The Morgan fingerprint density at radius 1 is 0.935 bits per heavy atom. The Morgan fingerprint density at radius 2 is 1.55 bits per heavy atom. The highest BCUT2D eigenvalue weighted by Crippen LogP contribution is 2.11. The Morgan fingerprint density at radius 3 is 2.16 bits per heavy atom. The van der Waals surface area contributed by atoms with Crippen LogP contribution < -0.4 is 15.5 Å². The van der Waals surface area contributed by atoms with Crippen molar-refractivity contribution < 1.29 is 24.2 Å². The number of hydrazone groups is 1. The fourth-order valence-corrected chi connectivity index (χ4v) is 2.88. The molecule has 0 fully saturated rings. The third kappa shape index (κ3) is 14.7. The molecule has 0 radical (unpaired) electrons. The van der Waals surface area contributed by atoms with Gasteiger partial charge in [-0.25, -0.2) is 10.2 Å². The number of amides is 2. The van der Waals surface area contributed by atoms with Gasteiger partial charge in [0.25, 0.3) is 5.91 Å². The van der Waals surface area contributed by atoms with Gasteiger partial charge in [-0.05, 0) is 36.2 Å². The van der Waals surface area contributed by atoms with Gasteiger partial charge in [-0.3, -0.25) is 9.59 Å². The van der Waals surface area contributed by atoms with E-state index in [1.807, 2.05) is 0 Å². The zero-order chi connectivity index (χ0) is 22.7. The molecule has 0 aliphatic heterocycles. The Hall–Kier alpha value is -2.90. The van der Waals surface area contributed by atoms with Crippen LogP contribution in [-0.2, 0) is 14.4 Å². The molecule has 0 unspecified atom stereocenters. The number of ether oxygens (including phenoxy) is 1. The highest BCUT2D eigenvalue weighted by molar-refractivity contribution is 5.86. The van der Waals surface area contributed by atoms with Crippen LogP contribution in [0.25, 0.3) is 0 Å². The molecule has 2 amide bonds. The van der Waals surface area contributed by atoms with Crippen LogP contribution >= 0.6 is 0 Å². The van der Waals surface area contributed by atoms with E-state index in [-0.39, 0.29) is 12.5 Å². The number of carboxylic acids is 1. The lowest BCUT2D eigenvalue weighted by atomic mass is 10.1. The number of aliphatic carboxylic acids is 1. The van der Waals surface area contributed by atoms with Crippen molar-refractivity contribution in [2.24, 2.45) is 5.10 Å². The molecule has 3 N–H and O–H groups in total. The van der Waals surface area contributed by atoms with Crippen molar-refractivity contribution in [2.45, 2.75) is 71.1 Å². The predicted molar refractivity (Wildman–Crippen MR) is 120 cm³/mol. The number of nitrogens with one attached hydrogen (secondary N) is 2. The van der Waals surface area contributed by atoms with E-state index in [2.05, 4.69) is 22.8 Å². The molecule has 0 aromatic heterocycles. The number of carbonyl (C=O) groups is 3. The summed E-state index contributed by atoms with van der Waals surface area (Å²) < 4.78 is 5.03. The van der Waals surface area contributed by atoms with E-state index >= 15 is 0 Å². The Bertz CT molecular complexity index is 689. The minimum Gasteiger partial charge on any atom is -0.482 e. The third-order valence-corrected chi connectivity index (χ3v) is 4.60. The molecule has 172 valence electrons. The van der Waals surface area contributed by atoms with Gasteiger partial charge in [-0.15, -0.1) is 0 Å². The van der Waals surface area contributed by atoms with Gasteiger partial charge in [0, 0.05) is 6.42 Å². The maximum absolute atomic E-state index is 11.8. The number of hydrogen-bond donors (Lipinski definition) is 3. The molecule has 1 aromatic carbocycles. The third-order valence-electron chi connectivity index (χ3n) is 4.60. The average Bonchev–Trinajstić information content (AvgIpc) is 2.76. The highest BCUT2D eigenvalue weighted by atomic mass is 16.5.